The molecule has 0 amide bonds. The molecule has 0 unspecified atom stereocenters. The molecule has 0 N–H and O–H groups in total. The van der Waals surface area contributed by atoms with Gasteiger partial charge < -0.3 is 9.80 Å². The van der Waals surface area contributed by atoms with E-state index in [1.807, 2.05) is 4.90 Å². The Morgan fingerprint density at radius 2 is 1.60 bits per heavy atom. The van der Waals surface area contributed by atoms with Gasteiger partial charge in [0.05, 0.1) is 16.8 Å². The minimum absolute atomic E-state index is 0.0577. The number of hydrogen-bond donors (Lipinski definition) is 0. The molecule has 0 saturated carbocycles. The lowest BCUT2D eigenvalue weighted by Crippen LogP contribution is -2.47. The summed E-state index contributed by atoms with van der Waals surface area (Å²) in [4.78, 5) is 39.8. The number of carbonyl (C=O) groups is 2. The number of benzene rings is 1. The number of carbonyl (C=O) groups excluding carboxylic acids is 2. The van der Waals surface area contributed by atoms with E-state index in [9.17, 15) is 27.2 Å². The molecule has 3 heterocycles. The minimum atomic E-state index is -4.52. The highest BCUT2D eigenvalue weighted by Crippen LogP contribution is 2.35. The second-order valence-electron chi connectivity index (χ2n) is 8.09. The van der Waals surface area contributed by atoms with Crippen LogP contribution in [0.4, 0.5) is 29.2 Å². The predicted octanol–water partition coefficient (Wildman–Crippen LogP) is 4.43. The lowest BCUT2D eigenvalue weighted by molar-refractivity contribution is -0.137. The average Bonchev–Trinajstić information content (AvgIpc) is 2.83. The Morgan fingerprint density at radius 3 is 2.23 bits per heavy atom. The molecule has 0 spiro atoms. The summed E-state index contributed by atoms with van der Waals surface area (Å²) in [6.07, 6.45) is -3.20. The number of Topliss-reactive ketones (excluding diaryl/α,β-unsaturated/α-hetero) is 2. The highest BCUT2D eigenvalue weighted by Gasteiger charge is 2.36. The van der Waals surface area contributed by atoms with Crippen LogP contribution in [0.2, 0.25) is 0 Å². The van der Waals surface area contributed by atoms with E-state index in [-0.39, 0.29) is 36.1 Å². The zero-order valence-corrected chi connectivity index (χ0v) is 18.9. The maximum absolute atomic E-state index is 14.0. The molecular formula is C24H21F4N5O2. The molecule has 2 aromatic heterocycles. The number of rotatable bonds is 5. The summed E-state index contributed by atoms with van der Waals surface area (Å²) in [5.41, 5.74) is -0.135. The van der Waals surface area contributed by atoms with Crippen molar-refractivity contribution in [2.75, 3.05) is 36.0 Å². The summed E-state index contributed by atoms with van der Waals surface area (Å²) >= 11 is 0. The third-order valence-electron chi connectivity index (χ3n) is 5.66. The molecule has 0 atom stereocenters. The fourth-order valence-corrected chi connectivity index (χ4v) is 3.87. The van der Waals surface area contributed by atoms with E-state index in [2.05, 4.69) is 15.0 Å². The first-order valence-corrected chi connectivity index (χ1v) is 10.8. The molecule has 0 aliphatic carbocycles. The van der Waals surface area contributed by atoms with Gasteiger partial charge in [-0.2, -0.15) is 13.2 Å². The zero-order valence-electron chi connectivity index (χ0n) is 18.9. The van der Waals surface area contributed by atoms with Crippen LogP contribution >= 0.6 is 0 Å². The Hall–Kier alpha value is -3.89. The van der Waals surface area contributed by atoms with Crippen LogP contribution < -0.4 is 9.80 Å². The van der Waals surface area contributed by atoms with Crippen LogP contribution in [-0.4, -0.2) is 52.7 Å². The van der Waals surface area contributed by atoms with Crippen molar-refractivity contribution < 1.29 is 27.2 Å². The molecular weight excluding hydrogens is 466 g/mol. The number of hydrogen-bond acceptors (Lipinski definition) is 7. The number of aromatic nitrogens is 3. The molecule has 4 rings (SSSR count). The molecule has 11 heteroatoms. The summed E-state index contributed by atoms with van der Waals surface area (Å²) < 4.78 is 54.2. The van der Waals surface area contributed by atoms with Crippen LogP contribution in [0.1, 0.15) is 40.4 Å². The van der Waals surface area contributed by atoms with E-state index in [1.165, 1.54) is 38.2 Å². The van der Waals surface area contributed by atoms with Crippen LogP contribution in [0.3, 0.4) is 0 Å². The van der Waals surface area contributed by atoms with E-state index in [1.54, 1.807) is 11.0 Å². The molecule has 182 valence electrons. The van der Waals surface area contributed by atoms with Gasteiger partial charge in [0.25, 0.3) is 0 Å². The highest BCUT2D eigenvalue weighted by atomic mass is 19.4. The van der Waals surface area contributed by atoms with Crippen molar-refractivity contribution in [1.29, 1.82) is 0 Å². The smallest absolute Gasteiger partial charge is 0.353 e. The summed E-state index contributed by atoms with van der Waals surface area (Å²) in [5, 5.41) is 0. The fraction of sp³-hybridized carbons (Fsp3) is 0.292. The van der Waals surface area contributed by atoms with Gasteiger partial charge in [0, 0.05) is 50.9 Å². The quantitative estimate of drug-likeness (QED) is 0.389. The van der Waals surface area contributed by atoms with Crippen LogP contribution in [0.15, 0.2) is 42.6 Å². The SMILES string of the molecule is CC(=O)c1nc(-c2ccc(F)c(C(C)=O)c2)cc(N2CCN(c3ncccc3C(F)(F)F)CC2)n1. The third kappa shape index (κ3) is 5.13. The molecule has 1 aliphatic heterocycles. The second-order valence-corrected chi connectivity index (χ2v) is 8.09. The lowest BCUT2D eigenvalue weighted by Gasteiger charge is -2.37. The molecule has 0 bridgehead atoms. The first-order valence-electron chi connectivity index (χ1n) is 10.8. The van der Waals surface area contributed by atoms with E-state index < -0.39 is 23.3 Å². The topological polar surface area (TPSA) is 79.3 Å². The van der Waals surface area contributed by atoms with Crippen LogP contribution in [-0.2, 0) is 6.18 Å². The first-order chi connectivity index (χ1) is 16.5. The van der Waals surface area contributed by atoms with Crippen molar-refractivity contribution in [2.45, 2.75) is 20.0 Å². The third-order valence-corrected chi connectivity index (χ3v) is 5.66. The van der Waals surface area contributed by atoms with Gasteiger partial charge in [-0.05, 0) is 37.3 Å². The number of anilines is 2. The van der Waals surface area contributed by atoms with Crippen molar-refractivity contribution in [3.63, 3.8) is 0 Å². The molecule has 3 aromatic rings. The largest absolute Gasteiger partial charge is 0.419 e. The monoisotopic (exact) mass is 487 g/mol. The van der Waals surface area contributed by atoms with Crippen molar-refractivity contribution in [1.82, 2.24) is 15.0 Å². The molecule has 1 aliphatic rings. The van der Waals surface area contributed by atoms with Crippen molar-refractivity contribution >= 4 is 23.2 Å². The number of nitrogens with zero attached hydrogens (tertiary/aromatic N) is 5. The molecule has 1 fully saturated rings. The zero-order chi connectivity index (χ0) is 25.3. The summed E-state index contributed by atoms with van der Waals surface area (Å²) in [6, 6.07) is 7.84. The van der Waals surface area contributed by atoms with E-state index in [4.69, 9.17) is 0 Å². The van der Waals surface area contributed by atoms with Gasteiger partial charge in [0.2, 0.25) is 0 Å². The molecule has 0 radical (unpaired) electrons. The number of halogens is 4. The Morgan fingerprint density at radius 1 is 0.914 bits per heavy atom. The number of piperazine rings is 1. The Bertz CT molecular complexity index is 1290. The van der Waals surface area contributed by atoms with Gasteiger partial charge in [-0.25, -0.2) is 19.3 Å². The Labute approximate surface area is 198 Å². The van der Waals surface area contributed by atoms with E-state index in [0.29, 0.717) is 30.2 Å². The van der Waals surface area contributed by atoms with Crippen LogP contribution in [0.5, 0.6) is 0 Å². The lowest BCUT2D eigenvalue weighted by atomic mass is 10.0. The van der Waals surface area contributed by atoms with E-state index in [0.717, 1.165) is 12.1 Å². The Kier molecular flexibility index (Phi) is 6.51. The standard InChI is InChI=1S/C24H21F4N5O2/c1-14(34)17-12-16(5-6-19(17)25)20-13-21(31-22(30-20)15(2)35)32-8-10-33(11-9-32)23-18(24(26,27)28)4-3-7-29-23/h3-7,12-13H,8-11H2,1-2H3. The maximum atomic E-state index is 14.0. The van der Waals surface area contributed by atoms with Gasteiger partial charge in [0.15, 0.2) is 17.4 Å². The van der Waals surface area contributed by atoms with Crippen molar-refractivity contribution in [2.24, 2.45) is 0 Å². The van der Waals surface area contributed by atoms with Crippen molar-refractivity contribution in [3.8, 4) is 11.3 Å². The first kappa shape index (κ1) is 24.2. The van der Waals surface area contributed by atoms with Gasteiger partial charge in [-0.1, -0.05) is 0 Å². The number of pyridine rings is 1. The van der Waals surface area contributed by atoms with Gasteiger partial charge in [-0.3, -0.25) is 9.59 Å². The number of ketones is 2. The maximum Gasteiger partial charge on any atom is 0.419 e. The molecule has 7 nitrogen and oxygen atoms in total. The molecule has 1 saturated heterocycles. The predicted molar refractivity (Wildman–Crippen MR) is 121 cm³/mol. The van der Waals surface area contributed by atoms with Gasteiger partial charge in [-0.15, -0.1) is 0 Å². The summed E-state index contributed by atoms with van der Waals surface area (Å²) in [7, 11) is 0. The average molecular weight is 487 g/mol. The highest BCUT2D eigenvalue weighted by molar-refractivity contribution is 5.96. The normalized spacial score (nSPS) is 14.2. The Balaban J connectivity index is 1.63. The molecule has 1 aromatic carbocycles. The second kappa shape index (κ2) is 9.40. The summed E-state index contributed by atoms with van der Waals surface area (Å²) in [5.74, 6) is -1.27. The number of alkyl halides is 3. The van der Waals surface area contributed by atoms with Crippen LogP contribution in [0.25, 0.3) is 11.3 Å². The molecule has 35 heavy (non-hydrogen) atoms. The van der Waals surface area contributed by atoms with Crippen LogP contribution in [0, 0.1) is 5.82 Å². The van der Waals surface area contributed by atoms with Gasteiger partial charge >= 0.3 is 6.18 Å². The summed E-state index contributed by atoms with van der Waals surface area (Å²) in [6.45, 7) is 3.71. The minimum Gasteiger partial charge on any atom is -0.353 e. The fourth-order valence-electron chi connectivity index (χ4n) is 3.87. The van der Waals surface area contributed by atoms with Gasteiger partial charge in [0.1, 0.15) is 17.5 Å². The van der Waals surface area contributed by atoms with E-state index >= 15 is 0 Å². The van der Waals surface area contributed by atoms with Crippen molar-refractivity contribution in [3.05, 3.63) is 65.4 Å².